The molecule has 3 N–H and O–H groups in total. The Bertz CT molecular complexity index is 791. The van der Waals surface area contributed by atoms with Crippen molar-refractivity contribution >= 4 is 11.8 Å². The average Bonchev–Trinajstić information content (AvgIpc) is 2.71. The fourth-order valence-corrected chi connectivity index (χ4v) is 3.26. The molecular weight excluding hydrogens is 364 g/mol. The molecule has 7 heteroatoms. The van der Waals surface area contributed by atoms with Crippen LogP contribution in [0.4, 0.5) is 19.3 Å². The third-order valence-electron chi connectivity index (χ3n) is 4.87. The van der Waals surface area contributed by atoms with Crippen LogP contribution in [0.2, 0.25) is 0 Å². The lowest BCUT2D eigenvalue weighted by Crippen LogP contribution is -2.42. The molecule has 1 aliphatic rings. The lowest BCUT2D eigenvalue weighted by atomic mass is 10.0. The molecule has 3 rings (SSSR count). The highest BCUT2D eigenvalue weighted by atomic mass is 19.1. The number of benzene rings is 2. The number of hydrogen-bond acceptors (Lipinski definition) is 4. The second-order valence-corrected chi connectivity index (χ2v) is 6.93. The number of anilines is 1. The van der Waals surface area contributed by atoms with Crippen LogP contribution in [0.3, 0.4) is 0 Å². The highest BCUT2D eigenvalue weighted by Gasteiger charge is 2.24. The third kappa shape index (κ3) is 5.42. The molecule has 2 aromatic carbocycles. The molecule has 2 aromatic rings. The number of piperidine rings is 1. The van der Waals surface area contributed by atoms with Gasteiger partial charge in [0.2, 0.25) is 0 Å². The molecule has 0 unspecified atom stereocenters. The van der Waals surface area contributed by atoms with E-state index in [4.69, 9.17) is 10.5 Å². The Morgan fingerprint density at radius 1 is 1.14 bits per heavy atom. The molecule has 1 fully saturated rings. The topological polar surface area (TPSA) is 67.6 Å². The quantitative estimate of drug-likeness (QED) is 0.791. The van der Waals surface area contributed by atoms with Gasteiger partial charge in [0.05, 0.1) is 0 Å². The minimum atomic E-state index is -0.588. The van der Waals surface area contributed by atoms with Gasteiger partial charge in [-0.2, -0.15) is 0 Å². The minimum absolute atomic E-state index is 0.0305. The number of nitrogens with two attached hydrogens (primary N) is 1. The van der Waals surface area contributed by atoms with Gasteiger partial charge in [0.1, 0.15) is 18.2 Å². The van der Waals surface area contributed by atoms with Crippen LogP contribution in [0.5, 0.6) is 0 Å². The van der Waals surface area contributed by atoms with Gasteiger partial charge >= 0.3 is 6.09 Å². The SMILES string of the molecule is NCCc1ccc(NC2CCN(C(=O)OCc3cc(F)ccc3F)CC2)cc1. The highest BCUT2D eigenvalue weighted by Crippen LogP contribution is 2.19. The molecule has 0 aliphatic carbocycles. The van der Waals surface area contributed by atoms with E-state index in [0.717, 1.165) is 43.1 Å². The van der Waals surface area contributed by atoms with Gasteiger partial charge in [-0.3, -0.25) is 0 Å². The first-order valence-electron chi connectivity index (χ1n) is 9.46. The molecule has 0 spiro atoms. The van der Waals surface area contributed by atoms with Gasteiger partial charge in [0.25, 0.3) is 0 Å². The van der Waals surface area contributed by atoms with Crippen LogP contribution in [-0.4, -0.2) is 36.7 Å². The van der Waals surface area contributed by atoms with Crippen molar-refractivity contribution in [3.05, 3.63) is 65.2 Å². The van der Waals surface area contributed by atoms with Gasteiger partial charge in [-0.05, 0) is 61.7 Å². The summed E-state index contributed by atoms with van der Waals surface area (Å²) in [5.74, 6) is -1.15. The number of nitrogens with zero attached hydrogens (tertiary/aromatic N) is 1. The summed E-state index contributed by atoms with van der Waals surface area (Å²) >= 11 is 0. The fourth-order valence-electron chi connectivity index (χ4n) is 3.26. The maximum Gasteiger partial charge on any atom is 0.410 e. The maximum absolute atomic E-state index is 13.6. The van der Waals surface area contributed by atoms with Crippen LogP contribution in [0.15, 0.2) is 42.5 Å². The number of ether oxygens (including phenoxy) is 1. The summed E-state index contributed by atoms with van der Waals surface area (Å²) in [7, 11) is 0. The Labute approximate surface area is 163 Å². The number of nitrogens with one attached hydrogen (secondary N) is 1. The second kappa shape index (κ2) is 9.50. The molecule has 0 atom stereocenters. The van der Waals surface area contributed by atoms with E-state index >= 15 is 0 Å². The summed E-state index contributed by atoms with van der Waals surface area (Å²) in [5.41, 5.74) is 7.84. The summed E-state index contributed by atoms with van der Waals surface area (Å²) in [6.45, 7) is 1.45. The predicted octanol–water partition coefficient (Wildman–Crippen LogP) is 3.68. The molecule has 1 heterocycles. The Balaban J connectivity index is 1.44. The lowest BCUT2D eigenvalue weighted by Gasteiger charge is -2.32. The van der Waals surface area contributed by atoms with Crippen LogP contribution in [0.25, 0.3) is 0 Å². The van der Waals surface area contributed by atoms with E-state index in [0.29, 0.717) is 19.6 Å². The van der Waals surface area contributed by atoms with Crippen molar-refractivity contribution in [3.63, 3.8) is 0 Å². The number of rotatable bonds is 6. The number of halogens is 2. The molecule has 1 amide bonds. The molecule has 0 saturated carbocycles. The molecule has 5 nitrogen and oxygen atoms in total. The zero-order valence-electron chi connectivity index (χ0n) is 15.7. The first-order valence-corrected chi connectivity index (χ1v) is 9.46. The average molecular weight is 389 g/mol. The van der Waals surface area contributed by atoms with Crippen molar-refractivity contribution in [1.29, 1.82) is 0 Å². The Morgan fingerprint density at radius 3 is 2.54 bits per heavy atom. The summed E-state index contributed by atoms with van der Waals surface area (Å²) < 4.78 is 31.9. The zero-order valence-corrected chi connectivity index (χ0v) is 15.7. The highest BCUT2D eigenvalue weighted by molar-refractivity contribution is 5.67. The van der Waals surface area contributed by atoms with E-state index in [1.807, 2.05) is 12.1 Å². The van der Waals surface area contributed by atoms with E-state index in [1.54, 1.807) is 4.90 Å². The number of amides is 1. The Kier molecular flexibility index (Phi) is 6.81. The molecule has 28 heavy (non-hydrogen) atoms. The van der Waals surface area contributed by atoms with Crippen LogP contribution in [-0.2, 0) is 17.8 Å². The summed E-state index contributed by atoms with van der Waals surface area (Å²) in [6, 6.07) is 11.6. The van der Waals surface area contributed by atoms with E-state index in [-0.39, 0.29) is 18.2 Å². The first kappa shape index (κ1) is 20.1. The van der Waals surface area contributed by atoms with Gasteiger partial charge in [0.15, 0.2) is 0 Å². The molecule has 1 aliphatic heterocycles. The first-order chi connectivity index (χ1) is 13.5. The predicted molar refractivity (Wildman–Crippen MR) is 104 cm³/mol. The smallest absolute Gasteiger partial charge is 0.410 e. The normalized spacial score (nSPS) is 14.8. The van der Waals surface area contributed by atoms with Crippen LogP contribution >= 0.6 is 0 Å². The van der Waals surface area contributed by atoms with Crippen molar-refractivity contribution < 1.29 is 18.3 Å². The number of carbonyl (C=O) groups is 1. The molecule has 0 radical (unpaired) electrons. The van der Waals surface area contributed by atoms with E-state index < -0.39 is 17.7 Å². The molecule has 1 saturated heterocycles. The largest absolute Gasteiger partial charge is 0.444 e. The van der Waals surface area contributed by atoms with E-state index in [1.165, 1.54) is 5.56 Å². The van der Waals surface area contributed by atoms with Crippen LogP contribution < -0.4 is 11.1 Å². The zero-order chi connectivity index (χ0) is 19.9. The van der Waals surface area contributed by atoms with Crippen molar-refractivity contribution in [2.45, 2.75) is 31.9 Å². The third-order valence-corrected chi connectivity index (χ3v) is 4.87. The van der Waals surface area contributed by atoms with Gasteiger partial charge in [-0.15, -0.1) is 0 Å². The van der Waals surface area contributed by atoms with Crippen molar-refractivity contribution in [3.8, 4) is 0 Å². The van der Waals surface area contributed by atoms with Gasteiger partial charge in [-0.25, -0.2) is 13.6 Å². The number of carbonyl (C=O) groups excluding carboxylic acids is 1. The van der Waals surface area contributed by atoms with Gasteiger partial charge < -0.3 is 20.7 Å². The van der Waals surface area contributed by atoms with Crippen LogP contribution in [0.1, 0.15) is 24.0 Å². The van der Waals surface area contributed by atoms with Crippen molar-refractivity contribution in [1.82, 2.24) is 4.90 Å². The number of hydrogen-bond donors (Lipinski definition) is 2. The minimum Gasteiger partial charge on any atom is -0.444 e. The molecular formula is C21H25F2N3O2. The van der Waals surface area contributed by atoms with Crippen molar-refractivity contribution in [2.75, 3.05) is 25.0 Å². The second-order valence-electron chi connectivity index (χ2n) is 6.93. The molecule has 150 valence electrons. The maximum atomic E-state index is 13.6. The van der Waals surface area contributed by atoms with Crippen molar-refractivity contribution in [2.24, 2.45) is 5.73 Å². The van der Waals surface area contributed by atoms with E-state index in [2.05, 4.69) is 17.4 Å². The van der Waals surface area contributed by atoms with Gasteiger partial charge in [0, 0.05) is 30.4 Å². The van der Waals surface area contributed by atoms with Crippen LogP contribution in [0, 0.1) is 11.6 Å². The molecule has 0 aromatic heterocycles. The fraction of sp³-hybridized carbons (Fsp3) is 0.381. The lowest BCUT2D eigenvalue weighted by molar-refractivity contribution is 0.0872. The Hall–Kier alpha value is -2.67. The standard InChI is InChI=1S/C21H25F2N3O2/c22-17-3-6-20(23)16(13-17)14-28-21(27)26-11-8-19(9-12-26)25-18-4-1-15(2-5-18)7-10-24/h1-6,13,19,25H,7-12,14,24H2. The van der Waals surface area contributed by atoms with Gasteiger partial charge in [-0.1, -0.05) is 12.1 Å². The number of likely N-dealkylation sites (tertiary alicyclic amines) is 1. The van der Waals surface area contributed by atoms with E-state index in [9.17, 15) is 13.6 Å². The molecule has 0 bridgehead atoms. The monoisotopic (exact) mass is 389 g/mol. The summed E-state index contributed by atoms with van der Waals surface area (Å²) in [6.07, 6.45) is 1.93. The Morgan fingerprint density at radius 2 is 1.86 bits per heavy atom. The summed E-state index contributed by atoms with van der Waals surface area (Å²) in [5, 5.41) is 3.48. The summed E-state index contributed by atoms with van der Waals surface area (Å²) in [4.78, 5) is 13.8.